The van der Waals surface area contributed by atoms with Crippen LogP contribution in [0.3, 0.4) is 0 Å². The lowest BCUT2D eigenvalue weighted by molar-refractivity contribution is -0.469. The van der Waals surface area contributed by atoms with Gasteiger partial charge in [-0.3, -0.25) is 14.4 Å². The summed E-state index contributed by atoms with van der Waals surface area (Å²) in [6, 6.07) is 13.4. The number of nitrogens with zero attached hydrogens (tertiary/aromatic N) is 1. The number of amides is 1. The molecule has 4 rings (SSSR count). The molecule has 5 N–H and O–H groups in total. The van der Waals surface area contributed by atoms with E-state index in [2.05, 4.69) is 15.3 Å². The second-order valence-corrected chi connectivity index (χ2v) is 13.4. The minimum absolute atomic E-state index is 0.0684. The second-order valence-electron chi connectivity index (χ2n) is 13.4. The number of aromatic hydroxyl groups is 1. The van der Waals surface area contributed by atoms with Gasteiger partial charge in [0.2, 0.25) is 16.8 Å². The highest BCUT2D eigenvalue weighted by Gasteiger charge is 2.17. The van der Waals surface area contributed by atoms with Crippen molar-refractivity contribution >= 4 is 28.6 Å². The maximum absolute atomic E-state index is 12.6. The Morgan fingerprint density at radius 3 is 1.77 bits per heavy atom. The highest BCUT2D eigenvalue weighted by Crippen LogP contribution is 2.20. The normalized spacial score (nSPS) is 11.8. The number of aliphatic hydroxyl groups excluding tert-OH is 1. The highest BCUT2D eigenvalue weighted by atomic mass is 16.6. The number of carbonyl (C=O) groups excluding carboxylic acids is 1. The lowest BCUT2D eigenvalue weighted by Crippen LogP contribution is -2.74. The molecule has 0 bridgehead atoms. The molecule has 2 aliphatic rings. The zero-order valence-electron chi connectivity index (χ0n) is 34.5. The molecule has 2 aromatic rings. The molecular weight excluding hydrogens is 784 g/mol. The first-order valence-corrected chi connectivity index (χ1v) is 20.0. The molecule has 1 aliphatic heterocycles. The Labute approximate surface area is 347 Å². The fraction of sp³-hybridized carbons (Fsp3) is 0.524. The average Bonchev–Trinajstić information content (AvgIpc) is 3.24. The molecule has 0 atom stereocenters. The van der Waals surface area contributed by atoms with E-state index in [-0.39, 0.29) is 53.5 Å². The number of aliphatic hydroxyl groups is 1. The van der Waals surface area contributed by atoms with Gasteiger partial charge in [0.15, 0.2) is 12.1 Å². The van der Waals surface area contributed by atoms with Gasteiger partial charge in [-0.1, -0.05) is 12.1 Å². The van der Waals surface area contributed by atoms with Crippen molar-refractivity contribution in [2.75, 3.05) is 138 Å². The predicted molar refractivity (Wildman–Crippen MR) is 221 cm³/mol. The molecule has 1 amide bonds. The van der Waals surface area contributed by atoms with E-state index >= 15 is 0 Å². The number of rotatable bonds is 32. The number of nitrogens with one attached hydrogen (secondary N) is 3. The fourth-order valence-corrected chi connectivity index (χ4v) is 5.49. The molecule has 1 aliphatic carbocycles. The predicted octanol–water partition coefficient (Wildman–Crippen LogP) is 0.245. The Hall–Kier alpha value is -4.92. The zero-order chi connectivity index (χ0) is 42.8. The summed E-state index contributed by atoms with van der Waals surface area (Å²) in [5, 5.41) is 23.1. The molecule has 0 fully saturated rings. The van der Waals surface area contributed by atoms with Crippen LogP contribution in [0.5, 0.6) is 5.75 Å². The summed E-state index contributed by atoms with van der Waals surface area (Å²) in [7, 11) is 3.76. The number of ether oxygens (including phenoxy) is 8. The number of phenols is 1. The summed E-state index contributed by atoms with van der Waals surface area (Å²) in [6.07, 6.45) is 0.981. The summed E-state index contributed by atoms with van der Waals surface area (Å²) in [6.45, 7) is 7.20. The van der Waals surface area contributed by atoms with Crippen molar-refractivity contribution in [3.8, 4) is 5.75 Å². The summed E-state index contributed by atoms with van der Waals surface area (Å²) < 4.78 is 49.8. The molecule has 0 radical (unpaired) electrons. The minimum atomic E-state index is -0.797. The molecule has 0 unspecified atom stereocenters. The summed E-state index contributed by atoms with van der Waals surface area (Å²) in [5.74, 6) is -0.136. The van der Waals surface area contributed by atoms with E-state index in [0.29, 0.717) is 123 Å². The van der Waals surface area contributed by atoms with Gasteiger partial charge in [0.25, 0.3) is 5.43 Å². The monoisotopic (exact) mass is 843 g/mol. The SMILES string of the molecule is CN(C)c1ccc2[nH]c3c(C(O)=[NH+]CCOCCOCCOCCOCCOCCOCCOCCOCCC(=O)NCCc4ccc(O)cc4)cc(=O)c(=O)c=3oc2c1. The van der Waals surface area contributed by atoms with E-state index in [4.69, 9.17) is 42.3 Å². The molecule has 18 nitrogen and oxygen atoms in total. The lowest BCUT2D eigenvalue weighted by atomic mass is 10.1. The Morgan fingerprint density at radius 1 is 0.717 bits per heavy atom. The van der Waals surface area contributed by atoms with Crippen molar-refractivity contribution in [3.05, 3.63) is 90.9 Å². The summed E-state index contributed by atoms with van der Waals surface area (Å²) in [5.41, 5.74) is 1.26. The number of hydrogen-bond acceptors (Lipinski definition) is 14. The van der Waals surface area contributed by atoms with Gasteiger partial charge < -0.3 is 67.7 Å². The molecule has 0 saturated heterocycles. The van der Waals surface area contributed by atoms with Gasteiger partial charge in [-0.15, -0.1) is 0 Å². The molecule has 18 heteroatoms. The Bertz CT molecular complexity index is 2050. The molecule has 330 valence electrons. The van der Waals surface area contributed by atoms with Gasteiger partial charge in [-0.25, -0.2) is 4.99 Å². The summed E-state index contributed by atoms with van der Waals surface area (Å²) >= 11 is 0. The topological polar surface area (TPSA) is 224 Å². The Balaban J connectivity index is 0.884. The quantitative estimate of drug-likeness (QED) is 0.0192. The summed E-state index contributed by atoms with van der Waals surface area (Å²) in [4.78, 5) is 44.7. The highest BCUT2D eigenvalue weighted by molar-refractivity contribution is 5.88. The molecule has 0 aromatic heterocycles. The first-order chi connectivity index (χ1) is 29.2. The zero-order valence-corrected chi connectivity index (χ0v) is 34.5. The van der Waals surface area contributed by atoms with Crippen molar-refractivity contribution in [2.24, 2.45) is 0 Å². The van der Waals surface area contributed by atoms with Gasteiger partial charge in [0, 0.05) is 44.9 Å². The van der Waals surface area contributed by atoms with Gasteiger partial charge in [0.1, 0.15) is 23.3 Å². The van der Waals surface area contributed by atoms with Crippen molar-refractivity contribution < 1.29 is 62.3 Å². The van der Waals surface area contributed by atoms with Crippen LogP contribution < -0.4 is 26.1 Å². The van der Waals surface area contributed by atoms with Crippen LogP contribution in [0, 0.1) is 10.8 Å². The Morgan fingerprint density at radius 2 is 1.23 bits per heavy atom. The van der Waals surface area contributed by atoms with Crippen LogP contribution in [0.25, 0.3) is 11.1 Å². The van der Waals surface area contributed by atoms with Crippen molar-refractivity contribution in [3.63, 3.8) is 0 Å². The number of fused-ring (bicyclic) bond motifs is 1. The Kier molecular flexibility index (Phi) is 22.1. The van der Waals surface area contributed by atoms with Crippen LogP contribution in [0.2, 0.25) is 0 Å². The third kappa shape index (κ3) is 17.7. The van der Waals surface area contributed by atoms with E-state index in [1.165, 1.54) is 0 Å². The first-order valence-electron chi connectivity index (χ1n) is 20.0. The molecule has 0 saturated carbocycles. The van der Waals surface area contributed by atoms with Gasteiger partial charge >= 0.3 is 5.90 Å². The third-order valence-corrected chi connectivity index (χ3v) is 8.70. The molecular formula is C42H59N4O14+. The van der Waals surface area contributed by atoms with Gasteiger partial charge in [0.05, 0.1) is 105 Å². The maximum Gasteiger partial charge on any atom is 0.368 e. The smallest absolute Gasteiger partial charge is 0.368 e. The average molecular weight is 844 g/mol. The standard InChI is InChI=1S/C42H58N4O14/c1-46(2)32-5-8-35-37(29-32)60-41-39(45-35)34(30-36(48)40(41)50)42(51)44-12-14-53-16-18-55-20-22-57-24-26-59-28-27-58-25-23-56-21-19-54-17-15-52-13-10-38(49)43-11-9-31-3-6-33(47)7-4-31/h3-8,29-30,45,47H,9-28H2,1-2H3,(H,43,49)(H,44,51)/p+1. The number of anilines is 1. The van der Waals surface area contributed by atoms with Crippen LogP contribution in [0.15, 0.2) is 62.5 Å². The van der Waals surface area contributed by atoms with Crippen LogP contribution in [0.1, 0.15) is 17.5 Å². The molecule has 1 heterocycles. The van der Waals surface area contributed by atoms with Crippen molar-refractivity contribution in [2.45, 2.75) is 12.8 Å². The minimum Gasteiger partial charge on any atom is -0.508 e. The lowest BCUT2D eigenvalue weighted by Gasteiger charge is -2.12. The molecule has 2 aromatic carbocycles. The van der Waals surface area contributed by atoms with E-state index in [9.17, 15) is 24.6 Å². The maximum atomic E-state index is 12.6. The molecule has 0 spiro atoms. The van der Waals surface area contributed by atoms with Crippen LogP contribution in [-0.2, 0) is 49.1 Å². The number of H-pyrrole nitrogens is 1. The van der Waals surface area contributed by atoms with E-state index < -0.39 is 10.9 Å². The van der Waals surface area contributed by atoms with Gasteiger partial charge in [-0.2, -0.15) is 0 Å². The number of carbonyl (C=O) groups is 1. The number of benzene rings is 2. The van der Waals surface area contributed by atoms with E-state index in [0.717, 1.165) is 17.3 Å². The number of phenolic OH excluding ortho intramolecular Hbond substituents is 1. The third-order valence-electron chi connectivity index (χ3n) is 8.70. The molecule has 60 heavy (non-hydrogen) atoms. The van der Waals surface area contributed by atoms with Crippen LogP contribution in [-0.4, -0.2) is 160 Å². The number of aromatic nitrogens is 1. The number of hydrogen-bond donors (Lipinski definition) is 5. The van der Waals surface area contributed by atoms with Crippen molar-refractivity contribution in [1.29, 1.82) is 0 Å². The largest absolute Gasteiger partial charge is 0.508 e. The van der Waals surface area contributed by atoms with E-state index in [1.807, 2.05) is 37.2 Å². The van der Waals surface area contributed by atoms with Gasteiger partial charge in [-0.05, 0) is 36.2 Å². The van der Waals surface area contributed by atoms with Crippen LogP contribution >= 0.6 is 0 Å². The number of aromatic amines is 1. The second kappa shape index (κ2) is 27.8. The van der Waals surface area contributed by atoms with Crippen LogP contribution in [0.4, 0.5) is 5.69 Å². The van der Waals surface area contributed by atoms with Crippen molar-refractivity contribution in [1.82, 2.24) is 10.3 Å². The van der Waals surface area contributed by atoms with E-state index in [1.54, 1.807) is 24.3 Å². The fourth-order valence-electron chi connectivity index (χ4n) is 5.49. The first kappa shape index (κ1) is 47.8.